The molecule has 174 valence electrons. The van der Waals surface area contributed by atoms with Crippen LogP contribution >= 0.6 is 15.9 Å². The summed E-state index contributed by atoms with van der Waals surface area (Å²) in [6, 6.07) is 14.6. The summed E-state index contributed by atoms with van der Waals surface area (Å²) in [5.74, 6) is -1.47. The van der Waals surface area contributed by atoms with E-state index in [1.165, 1.54) is 31.7 Å². The second-order valence-corrected chi connectivity index (χ2v) is 9.85. The van der Waals surface area contributed by atoms with Gasteiger partial charge in [0.2, 0.25) is 0 Å². The Balaban J connectivity index is 1.48. The van der Waals surface area contributed by atoms with Crippen molar-refractivity contribution in [1.82, 2.24) is 0 Å². The molecule has 3 aromatic carbocycles. The molecule has 1 nitrogen and oxygen atoms in total. The summed E-state index contributed by atoms with van der Waals surface area (Å²) >= 11 is 3.34. The Morgan fingerprint density at radius 1 is 0.848 bits per heavy atom. The molecule has 4 rings (SSSR count). The van der Waals surface area contributed by atoms with E-state index in [2.05, 4.69) is 22.9 Å². The minimum Gasteiger partial charge on any atom is -0.483 e. The fraction of sp³-hybridized carbons (Fsp3) is 0.357. The second-order valence-electron chi connectivity index (χ2n) is 8.93. The minimum atomic E-state index is -0.847. The maximum absolute atomic E-state index is 15.0. The number of rotatable bonds is 7. The molecule has 0 spiro atoms. The summed E-state index contributed by atoms with van der Waals surface area (Å²) in [5, 5.41) is 0. The molecule has 0 aliphatic heterocycles. The normalized spacial score (nSPS) is 18.3. The Morgan fingerprint density at radius 2 is 1.52 bits per heavy atom. The van der Waals surface area contributed by atoms with E-state index >= 15 is 0 Å². The Hall–Kier alpha value is -2.27. The third kappa shape index (κ3) is 5.81. The van der Waals surface area contributed by atoms with Gasteiger partial charge in [-0.15, -0.1) is 0 Å². The number of halogens is 4. The van der Waals surface area contributed by atoms with Crippen LogP contribution in [-0.2, 0) is 6.61 Å². The van der Waals surface area contributed by atoms with Gasteiger partial charge in [0.05, 0.1) is 0 Å². The number of hydrogen-bond donors (Lipinski definition) is 0. The number of ether oxygens (including phenoxy) is 1. The highest BCUT2D eigenvalue weighted by Gasteiger charge is 2.23. The topological polar surface area (TPSA) is 9.23 Å². The maximum Gasteiger partial charge on any atom is 0.191 e. The third-order valence-electron chi connectivity index (χ3n) is 6.61. The van der Waals surface area contributed by atoms with E-state index in [4.69, 9.17) is 4.74 Å². The van der Waals surface area contributed by atoms with Crippen molar-refractivity contribution in [3.05, 3.63) is 87.6 Å². The van der Waals surface area contributed by atoms with Crippen molar-refractivity contribution in [1.29, 1.82) is 0 Å². The van der Waals surface area contributed by atoms with Crippen LogP contribution in [0.2, 0.25) is 0 Å². The zero-order valence-electron chi connectivity index (χ0n) is 18.7. The minimum absolute atomic E-state index is 0.0318. The lowest BCUT2D eigenvalue weighted by molar-refractivity contribution is 0.274. The van der Waals surface area contributed by atoms with Gasteiger partial charge in [-0.25, -0.2) is 13.2 Å². The standard InChI is InChI=1S/C28H28BrF3O/c1-2-3-18-4-8-20(9-5-18)21-10-13-24(25(30)14-21)22-15-26(31)28(27(32)16-22)33-17-19-6-11-23(29)12-7-19/h6-7,10-16,18,20H,2-5,8-9,17H2,1H3/t18-,20-. The van der Waals surface area contributed by atoms with Crippen molar-refractivity contribution >= 4 is 15.9 Å². The van der Waals surface area contributed by atoms with Gasteiger partial charge in [0, 0.05) is 10.0 Å². The Labute approximate surface area is 202 Å². The molecule has 0 radical (unpaired) electrons. The first-order valence-electron chi connectivity index (χ1n) is 11.6. The highest BCUT2D eigenvalue weighted by Crippen LogP contribution is 2.39. The van der Waals surface area contributed by atoms with E-state index in [1.54, 1.807) is 6.07 Å². The molecule has 0 saturated heterocycles. The van der Waals surface area contributed by atoms with Crippen LogP contribution in [0.3, 0.4) is 0 Å². The Morgan fingerprint density at radius 3 is 2.12 bits per heavy atom. The summed E-state index contributed by atoms with van der Waals surface area (Å²) in [5.41, 5.74) is 2.11. The Bertz CT molecular complexity index is 1070. The quantitative estimate of drug-likeness (QED) is 0.304. The van der Waals surface area contributed by atoms with Gasteiger partial charge in [-0.05, 0) is 84.5 Å². The predicted molar refractivity (Wildman–Crippen MR) is 130 cm³/mol. The van der Waals surface area contributed by atoms with E-state index < -0.39 is 23.2 Å². The summed E-state index contributed by atoms with van der Waals surface area (Å²) in [6.45, 7) is 2.25. The molecule has 0 aromatic heterocycles. The number of benzene rings is 3. The Kier molecular flexibility index (Phi) is 7.79. The predicted octanol–water partition coefficient (Wildman–Crippen LogP) is 9.19. The van der Waals surface area contributed by atoms with Gasteiger partial charge in [0.1, 0.15) is 12.4 Å². The fourth-order valence-corrected chi connectivity index (χ4v) is 5.07. The van der Waals surface area contributed by atoms with Crippen LogP contribution in [0.4, 0.5) is 13.2 Å². The van der Waals surface area contributed by atoms with Gasteiger partial charge in [0.15, 0.2) is 17.4 Å². The van der Waals surface area contributed by atoms with Crippen molar-refractivity contribution in [3.8, 4) is 16.9 Å². The van der Waals surface area contributed by atoms with Crippen molar-refractivity contribution < 1.29 is 17.9 Å². The molecule has 1 fully saturated rings. The molecular formula is C28H28BrF3O. The first-order valence-corrected chi connectivity index (χ1v) is 12.4. The van der Waals surface area contributed by atoms with Gasteiger partial charge >= 0.3 is 0 Å². The zero-order valence-corrected chi connectivity index (χ0v) is 20.3. The zero-order chi connectivity index (χ0) is 23.4. The van der Waals surface area contributed by atoms with Gasteiger partial charge in [-0.2, -0.15) is 0 Å². The monoisotopic (exact) mass is 516 g/mol. The van der Waals surface area contributed by atoms with E-state index in [9.17, 15) is 13.2 Å². The molecular weight excluding hydrogens is 489 g/mol. The lowest BCUT2D eigenvalue weighted by Crippen LogP contribution is -2.13. The largest absolute Gasteiger partial charge is 0.483 e. The average Bonchev–Trinajstić information content (AvgIpc) is 2.80. The van der Waals surface area contributed by atoms with Gasteiger partial charge < -0.3 is 4.74 Å². The van der Waals surface area contributed by atoms with Crippen molar-refractivity contribution in [2.45, 2.75) is 58.0 Å². The molecule has 1 aliphatic rings. The number of hydrogen-bond acceptors (Lipinski definition) is 1. The van der Waals surface area contributed by atoms with Crippen LogP contribution in [0.25, 0.3) is 11.1 Å². The summed E-state index contributed by atoms with van der Waals surface area (Å²) < 4.78 is 50.6. The first kappa shape index (κ1) is 23.9. The van der Waals surface area contributed by atoms with E-state index in [0.29, 0.717) is 5.92 Å². The molecule has 1 saturated carbocycles. The van der Waals surface area contributed by atoms with E-state index in [-0.39, 0.29) is 17.7 Å². The molecule has 0 unspecified atom stereocenters. The van der Waals surface area contributed by atoms with Gasteiger partial charge in [-0.3, -0.25) is 0 Å². The molecule has 1 aliphatic carbocycles. The molecule has 3 aromatic rings. The van der Waals surface area contributed by atoms with Gasteiger partial charge in [0.25, 0.3) is 0 Å². The SMILES string of the molecule is CCC[C@H]1CC[C@H](c2ccc(-c3cc(F)c(OCc4ccc(Br)cc4)c(F)c3)c(F)c2)CC1. The van der Waals surface area contributed by atoms with Crippen LogP contribution in [-0.4, -0.2) is 0 Å². The average molecular weight is 517 g/mol. The van der Waals surface area contributed by atoms with Crippen LogP contribution in [0.5, 0.6) is 5.75 Å². The molecule has 0 amide bonds. The first-order chi connectivity index (χ1) is 15.9. The fourth-order valence-electron chi connectivity index (χ4n) is 4.80. The lowest BCUT2D eigenvalue weighted by atomic mass is 9.77. The second kappa shape index (κ2) is 10.8. The van der Waals surface area contributed by atoms with Crippen LogP contribution in [0.1, 0.15) is 62.5 Å². The smallest absolute Gasteiger partial charge is 0.191 e. The van der Waals surface area contributed by atoms with E-state index in [1.807, 2.05) is 30.3 Å². The summed E-state index contributed by atoms with van der Waals surface area (Å²) in [6.07, 6.45) is 6.97. The molecule has 0 N–H and O–H groups in total. The maximum atomic E-state index is 15.0. The van der Waals surface area contributed by atoms with Crippen molar-refractivity contribution in [3.63, 3.8) is 0 Å². The van der Waals surface area contributed by atoms with Crippen LogP contribution in [0, 0.1) is 23.4 Å². The van der Waals surface area contributed by atoms with Crippen molar-refractivity contribution in [2.75, 3.05) is 0 Å². The highest BCUT2D eigenvalue weighted by atomic mass is 79.9. The highest BCUT2D eigenvalue weighted by molar-refractivity contribution is 9.10. The molecule has 5 heteroatoms. The van der Waals surface area contributed by atoms with Crippen LogP contribution < -0.4 is 4.74 Å². The summed E-state index contributed by atoms with van der Waals surface area (Å²) in [7, 11) is 0. The van der Waals surface area contributed by atoms with Crippen LogP contribution in [0.15, 0.2) is 59.1 Å². The summed E-state index contributed by atoms with van der Waals surface area (Å²) in [4.78, 5) is 0. The molecule has 0 heterocycles. The molecule has 0 atom stereocenters. The van der Waals surface area contributed by atoms with Gasteiger partial charge in [-0.1, -0.05) is 60.0 Å². The third-order valence-corrected chi connectivity index (χ3v) is 7.14. The van der Waals surface area contributed by atoms with Crippen molar-refractivity contribution in [2.24, 2.45) is 5.92 Å². The molecule has 0 bridgehead atoms. The lowest BCUT2D eigenvalue weighted by Gasteiger charge is -2.28. The molecule has 33 heavy (non-hydrogen) atoms. The van der Waals surface area contributed by atoms with E-state index in [0.717, 1.165) is 46.5 Å².